The van der Waals surface area contributed by atoms with E-state index in [1.807, 2.05) is 0 Å². The van der Waals surface area contributed by atoms with Gasteiger partial charge in [-0.2, -0.15) is 4.31 Å². The van der Waals surface area contributed by atoms with Crippen LogP contribution in [0.25, 0.3) is 0 Å². The molecule has 2 heterocycles. The van der Waals surface area contributed by atoms with Gasteiger partial charge in [-0.15, -0.1) is 11.3 Å². The maximum atomic E-state index is 12.7. The van der Waals surface area contributed by atoms with Crippen LogP contribution < -0.4 is 0 Å². The molecular formula is C14H23NO3S2. The fraction of sp³-hybridized carbons (Fsp3) is 0.714. The van der Waals surface area contributed by atoms with Gasteiger partial charge in [-0.25, -0.2) is 8.42 Å². The number of sulfonamides is 1. The summed E-state index contributed by atoms with van der Waals surface area (Å²) in [5.74, 6) is 1.21. The highest BCUT2D eigenvalue weighted by Crippen LogP contribution is 2.30. The van der Waals surface area contributed by atoms with Crippen molar-refractivity contribution >= 4 is 21.4 Å². The van der Waals surface area contributed by atoms with E-state index in [2.05, 4.69) is 13.8 Å². The Hall–Kier alpha value is -0.430. The van der Waals surface area contributed by atoms with Gasteiger partial charge in [-0.1, -0.05) is 13.8 Å². The smallest absolute Gasteiger partial charge is 0.244 e. The summed E-state index contributed by atoms with van der Waals surface area (Å²) in [6.07, 6.45) is 2.94. The van der Waals surface area contributed by atoms with Crippen LogP contribution in [0.2, 0.25) is 0 Å². The minimum Gasteiger partial charge on any atom is -0.391 e. The number of hydrogen-bond acceptors (Lipinski definition) is 4. The molecule has 1 fully saturated rings. The lowest BCUT2D eigenvalue weighted by Gasteiger charge is -2.21. The van der Waals surface area contributed by atoms with Gasteiger partial charge >= 0.3 is 0 Å². The summed E-state index contributed by atoms with van der Waals surface area (Å²) in [5.41, 5.74) is 0. The van der Waals surface area contributed by atoms with Crippen molar-refractivity contribution in [2.24, 2.45) is 11.8 Å². The van der Waals surface area contributed by atoms with E-state index in [1.165, 1.54) is 11.3 Å². The van der Waals surface area contributed by atoms with E-state index in [1.54, 1.807) is 15.8 Å². The Kier molecular flexibility index (Phi) is 5.23. The Balaban J connectivity index is 2.18. The predicted molar refractivity (Wildman–Crippen MR) is 81.2 cm³/mol. The zero-order valence-electron chi connectivity index (χ0n) is 12.1. The molecule has 0 saturated carbocycles. The van der Waals surface area contributed by atoms with Crippen molar-refractivity contribution in [3.8, 4) is 0 Å². The van der Waals surface area contributed by atoms with Crippen LogP contribution in [0.1, 0.15) is 38.0 Å². The van der Waals surface area contributed by atoms with E-state index in [-0.39, 0.29) is 11.5 Å². The average Bonchev–Trinajstić information content (AvgIpc) is 2.74. The van der Waals surface area contributed by atoms with Crippen molar-refractivity contribution in [3.05, 3.63) is 16.3 Å². The van der Waals surface area contributed by atoms with Crippen molar-refractivity contribution < 1.29 is 13.5 Å². The van der Waals surface area contributed by atoms with Crippen molar-refractivity contribution in [1.82, 2.24) is 4.31 Å². The minimum absolute atomic E-state index is 0.214. The van der Waals surface area contributed by atoms with E-state index in [0.29, 0.717) is 29.8 Å². The molecule has 1 unspecified atom stereocenters. The maximum Gasteiger partial charge on any atom is 0.244 e. The summed E-state index contributed by atoms with van der Waals surface area (Å²) < 4.78 is 27.0. The summed E-state index contributed by atoms with van der Waals surface area (Å²) in [6, 6.07) is 1.61. The number of nitrogens with zero attached hydrogens (tertiary/aromatic N) is 1. The molecule has 1 aromatic heterocycles. The molecule has 0 aliphatic carbocycles. The molecule has 1 N–H and O–H groups in total. The minimum atomic E-state index is -3.45. The molecule has 0 amide bonds. The number of aliphatic hydroxyl groups is 1. The monoisotopic (exact) mass is 317 g/mol. The number of aliphatic hydroxyl groups excluding tert-OH is 1. The summed E-state index contributed by atoms with van der Waals surface area (Å²) in [5, 5.41) is 11.0. The van der Waals surface area contributed by atoms with Gasteiger partial charge in [0.2, 0.25) is 10.0 Å². The van der Waals surface area contributed by atoms with Crippen LogP contribution in [0.15, 0.2) is 16.3 Å². The highest BCUT2D eigenvalue weighted by molar-refractivity contribution is 7.89. The van der Waals surface area contributed by atoms with E-state index < -0.39 is 10.0 Å². The Morgan fingerprint density at radius 2 is 2.15 bits per heavy atom. The van der Waals surface area contributed by atoms with E-state index in [0.717, 1.165) is 19.3 Å². The molecule has 1 aromatic rings. The van der Waals surface area contributed by atoms with Gasteiger partial charge in [0, 0.05) is 18.0 Å². The van der Waals surface area contributed by atoms with Gasteiger partial charge in [0.05, 0.1) is 11.5 Å². The Labute approximate surface area is 125 Å². The lowest BCUT2D eigenvalue weighted by atomic mass is 9.89. The molecule has 20 heavy (non-hydrogen) atoms. The van der Waals surface area contributed by atoms with Gasteiger partial charge < -0.3 is 5.11 Å². The molecule has 0 bridgehead atoms. The summed E-state index contributed by atoms with van der Waals surface area (Å²) in [7, 11) is -3.45. The molecule has 6 heteroatoms. The zero-order chi connectivity index (χ0) is 14.8. The number of thiophene rings is 1. The topological polar surface area (TPSA) is 57.6 Å². The molecule has 2 rings (SSSR count). The lowest BCUT2D eigenvalue weighted by molar-refractivity contribution is 0.282. The van der Waals surface area contributed by atoms with Gasteiger partial charge in [0.25, 0.3) is 0 Å². The third kappa shape index (κ3) is 3.24. The quantitative estimate of drug-likeness (QED) is 0.929. The molecule has 114 valence electrons. The van der Waals surface area contributed by atoms with Crippen molar-refractivity contribution in [3.63, 3.8) is 0 Å². The highest BCUT2D eigenvalue weighted by atomic mass is 32.2. The summed E-state index contributed by atoms with van der Waals surface area (Å²) in [4.78, 5) is 0.822. The molecule has 0 radical (unpaired) electrons. The van der Waals surface area contributed by atoms with Gasteiger partial charge in [-0.05, 0) is 42.5 Å². The molecule has 1 aliphatic heterocycles. The SMILES string of the molecule is CC(C)C1CCCN(S(=O)(=O)c2ccsc2CO)CC1. The predicted octanol–water partition coefficient (Wildman–Crippen LogP) is 2.69. The fourth-order valence-corrected chi connectivity index (χ4v) is 5.58. The van der Waals surface area contributed by atoms with Gasteiger partial charge in [-0.3, -0.25) is 0 Å². The molecule has 0 aromatic carbocycles. The fourth-order valence-electron chi connectivity index (χ4n) is 2.82. The van der Waals surface area contributed by atoms with Crippen molar-refractivity contribution in [2.45, 2.75) is 44.6 Å². The average molecular weight is 317 g/mol. The van der Waals surface area contributed by atoms with Crippen LogP contribution >= 0.6 is 11.3 Å². The second-order valence-corrected chi connectivity index (χ2v) is 8.61. The Morgan fingerprint density at radius 1 is 1.40 bits per heavy atom. The molecule has 1 saturated heterocycles. The first-order valence-corrected chi connectivity index (χ1v) is 9.46. The van der Waals surface area contributed by atoms with E-state index >= 15 is 0 Å². The van der Waals surface area contributed by atoms with Crippen LogP contribution in [0.5, 0.6) is 0 Å². The first-order chi connectivity index (χ1) is 9.46. The number of hydrogen-bond donors (Lipinski definition) is 1. The van der Waals surface area contributed by atoms with Crippen LogP contribution in [-0.4, -0.2) is 30.9 Å². The van der Waals surface area contributed by atoms with Gasteiger partial charge in [0.15, 0.2) is 0 Å². The second-order valence-electron chi connectivity index (χ2n) is 5.71. The normalized spacial score (nSPS) is 22.1. The molecular weight excluding hydrogens is 294 g/mol. The van der Waals surface area contributed by atoms with Crippen molar-refractivity contribution in [2.75, 3.05) is 13.1 Å². The molecule has 0 spiro atoms. The summed E-state index contributed by atoms with van der Waals surface area (Å²) >= 11 is 1.30. The lowest BCUT2D eigenvalue weighted by Crippen LogP contribution is -2.32. The van der Waals surface area contributed by atoms with E-state index in [4.69, 9.17) is 0 Å². The van der Waals surface area contributed by atoms with Crippen LogP contribution in [0.3, 0.4) is 0 Å². The second kappa shape index (κ2) is 6.56. The van der Waals surface area contributed by atoms with Crippen LogP contribution in [-0.2, 0) is 16.6 Å². The largest absolute Gasteiger partial charge is 0.391 e. The molecule has 4 nitrogen and oxygen atoms in total. The third-order valence-corrected chi connectivity index (χ3v) is 7.16. The summed E-state index contributed by atoms with van der Waals surface area (Å²) in [6.45, 7) is 5.38. The first-order valence-electron chi connectivity index (χ1n) is 7.14. The standard InChI is InChI=1S/C14H23NO3S2/c1-11(2)12-4-3-7-15(8-5-12)20(17,18)14-6-9-19-13(14)10-16/h6,9,11-12,16H,3-5,7-8,10H2,1-2H3. The molecule has 1 aliphatic rings. The van der Waals surface area contributed by atoms with Crippen molar-refractivity contribution in [1.29, 1.82) is 0 Å². The Bertz CT molecular complexity index is 536. The van der Waals surface area contributed by atoms with Crippen LogP contribution in [0.4, 0.5) is 0 Å². The highest BCUT2D eigenvalue weighted by Gasteiger charge is 2.30. The van der Waals surface area contributed by atoms with E-state index in [9.17, 15) is 13.5 Å². The first kappa shape index (κ1) is 15.9. The van der Waals surface area contributed by atoms with Gasteiger partial charge in [0.1, 0.15) is 0 Å². The zero-order valence-corrected chi connectivity index (χ0v) is 13.7. The van der Waals surface area contributed by atoms with Crippen LogP contribution in [0, 0.1) is 11.8 Å². The Morgan fingerprint density at radius 3 is 2.80 bits per heavy atom. The molecule has 1 atom stereocenters. The number of rotatable bonds is 4. The third-order valence-electron chi connectivity index (χ3n) is 4.14. The maximum absolute atomic E-state index is 12.7.